The van der Waals surface area contributed by atoms with Crippen LogP contribution in [0.15, 0.2) is 6.07 Å². The third kappa shape index (κ3) is 3.33. The van der Waals surface area contributed by atoms with E-state index in [1.807, 2.05) is 0 Å². The molecule has 0 aliphatic rings. The van der Waals surface area contributed by atoms with Gasteiger partial charge in [0, 0.05) is 10.9 Å². The summed E-state index contributed by atoms with van der Waals surface area (Å²) >= 11 is 1.65. The quantitative estimate of drug-likeness (QED) is 0.559. The Morgan fingerprint density at radius 3 is 2.89 bits per heavy atom. The molecule has 0 radical (unpaired) electrons. The van der Waals surface area contributed by atoms with E-state index in [2.05, 4.69) is 47.5 Å². The highest BCUT2D eigenvalue weighted by atomic mass is 32.1. The van der Waals surface area contributed by atoms with Crippen LogP contribution in [0.2, 0.25) is 0 Å². The second-order valence-electron chi connectivity index (χ2n) is 4.80. The summed E-state index contributed by atoms with van der Waals surface area (Å²) in [5.74, 6) is 6.75. The van der Waals surface area contributed by atoms with Crippen molar-refractivity contribution in [2.75, 3.05) is 10.7 Å². The molecule has 0 saturated carbocycles. The summed E-state index contributed by atoms with van der Waals surface area (Å²) in [5.41, 5.74) is 2.53. The van der Waals surface area contributed by atoms with Crippen LogP contribution in [-0.2, 0) is 0 Å². The van der Waals surface area contributed by atoms with E-state index in [9.17, 15) is 0 Å². The number of nitrogens with two attached hydrogens (primary N) is 1. The first-order valence-corrected chi connectivity index (χ1v) is 7.47. The molecule has 6 heteroatoms. The number of anilines is 2. The molecule has 0 amide bonds. The van der Waals surface area contributed by atoms with Crippen molar-refractivity contribution in [1.82, 2.24) is 9.97 Å². The number of nitrogen functional groups attached to an aromatic ring is 1. The summed E-state index contributed by atoms with van der Waals surface area (Å²) in [6.07, 6.45) is 3.56. The van der Waals surface area contributed by atoms with Crippen LogP contribution < -0.4 is 16.6 Å². The van der Waals surface area contributed by atoms with Gasteiger partial charge in [0.05, 0.1) is 5.39 Å². The predicted octanol–water partition coefficient (Wildman–Crippen LogP) is 3.28. The minimum Gasteiger partial charge on any atom is -0.367 e. The molecular weight excluding hydrogens is 258 g/mol. The van der Waals surface area contributed by atoms with Crippen molar-refractivity contribution in [1.29, 1.82) is 0 Å². The Balaban J connectivity index is 2.29. The largest absolute Gasteiger partial charge is 0.367 e. The van der Waals surface area contributed by atoms with Gasteiger partial charge >= 0.3 is 0 Å². The lowest BCUT2D eigenvalue weighted by Crippen LogP contribution is -2.17. The number of hydrogen-bond acceptors (Lipinski definition) is 6. The minimum atomic E-state index is 0.392. The monoisotopic (exact) mass is 279 g/mol. The zero-order valence-electron chi connectivity index (χ0n) is 11.7. The molecule has 2 rings (SSSR count). The lowest BCUT2D eigenvalue weighted by Gasteiger charge is -2.15. The molecule has 0 aliphatic heterocycles. The first-order chi connectivity index (χ1) is 9.13. The maximum atomic E-state index is 5.43. The van der Waals surface area contributed by atoms with E-state index in [0.29, 0.717) is 12.0 Å². The van der Waals surface area contributed by atoms with Gasteiger partial charge in [-0.15, -0.1) is 11.3 Å². The van der Waals surface area contributed by atoms with Gasteiger partial charge in [-0.2, -0.15) is 4.98 Å². The van der Waals surface area contributed by atoms with E-state index in [1.54, 1.807) is 11.3 Å². The normalized spacial score (nSPS) is 12.6. The lowest BCUT2D eigenvalue weighted by molar-refractivity contribution is 0.644. The van der Waals surface area contributed by atoms with Gasteiger partial charge in [-0.25, -0.2) is 10.8 Å². The average Bonchev–Trinajstić information content (AvgIpc) is 2.76. The summed E-state index contributed by atoms with van der Waals surface area (Å²) in [6.45, 7) is 6.46. The average molecular weight is 279 g/mol. The number of unbranched alkanes of at least 4 members (excludes halogenated alkanes) is 1. The minimum absolute atomic E-state index is 0.392. The van der Waals surface area contributed by atoms with Crippen LogP contribution in [-0.4, -0.2) is 16.0 Å². The van der Waals surface area contributed by atoms with Gasteiger partial charge in [0.2, 0.25) is 5.95 Å². The Morgan fingerprint density at radius 2 is 2.21 bits per heavy atom. The van der Waals surface area contributed by atoms with Crippen LogP contribution in [0, 0.1) is 6.92 Å². The van der Waals surface area contributed by atoms with Gasteiger partial charge in [0.1, 0.15) is 10.6 Å². The highest BCUT2D eigenvalue weighted by Crippen LogP contribution is 2.30. The van der Waals surface area contributed by atoms with Crippen molar-refractivity contribution in [3.63, 3.8) is 0 Å². The van der Waals surface area contributed by atoms with Crippen molar-refractivity contribution in [2.24, 2.45) is 5.84 Å². The second-order valence-corrected chi connectivity index (χ2v) is 6.04. The van der Waals surface area contributed by atoms with Crippen LogP contribution in [0.25, 0.3) is 10.2 Å². The number of nitrogens with one attached hydrogen (secondary N) is 2. The molecule has 5 nitrogen and oxygen atoms in total. The Bertz CT molecular complexity index is 551. The third-order valence-electron chi connectivity index (χ3n) is 3.02. The van der Waals surface area contributed by atoms with Crippen molar-refractivity contribution in [3.8, 4) is 0 Å². The van der Waals surface area contributed by atoms with Gasteiger partial charge < -0.3 is 5.32 Å². The first-order valence-electron chi connectivity index (χ1n) is 6.65. The maximum absolute atomic E-state index is 5.43. The van der Waals surface area contributed by atoms with Crippen LogP contribution in [0.1, 0.15) is 38.0 Å². The molecule has 1 atom stereocenters. The fraction of sp³-hybridized carbons (Fsp3) is 0.538. The smallest absolute Gasteiger partial charge is 0.240 e. The Labute approximate surface area is 117 Å². The van der Waals surface area contributed by atoms with Crippen LogP contribution >= 0.6 is 11.3 Å². The topological polar surface area (TPSA) is 75.9 Å². The number of rotatable bonds is 6. The van der Waals surface area contributed by atoms with Gasteiger partial charge in [-0.1, -0.05) is 19.8 Å². The highest BCUT2D eigenvalue weighted by Gasteiger charge is 2.12. The number of nitrogens with zero attached hydrogens (tertiary/aromatic N) is 2. The molecule has 19 heavy (non-hydrogen) atoms. The van der Waals surface area contributed by atoms with Crippen LogP contribution in [0.5, 0.6) is 0 Å². The summed E-state index contributed by atoms with van der Waals surface area (Å²) in [4.78, 5) is 11.0. The van der Waals surface area contributed by atoms with E-state index in [1.165, 1.54) is 17.7 Å². The molecule has 0 spiro atoms. The predicted molar refractivity (Wildman–Crippen MR) is 82.6 cm³/mol. The zero-order chi connectivity index (χ0) is 13.8. The van der Waals surface area contributed by atoms with Gasteiger partial charge in [-0.3, -0.25) is 5.43 Å². The Kier molecular flexibility index (Phi) is 4.55. The number of fused-ring (bicyclic) bond motifs is 1. The molecule has 0 saturated heterocycles. The number of thiophene rings is 1. The van der Waals surface area contributed by atoms with Crippen molar-refractivity contribution >= 4 is 33.3 Å². The van der Waals surface area contributed by atoms with Gasteiger partial charge in [0.15, 0.2) is 0 Å². The molecule has 0 fully saturated rings. The SMILES string of the molecule is CCCCC(C)Nc1nc(NN)nc2sc(C)cc12. The fourth-order valence-corrected chi connectivity index (χ4v) is 2.91. The Morgan fingerprint density at radius 1 is 1.42 bits per heavy atom. The molecule has 0 bridgehead atoms. The van der Waals surface area contributed by atoms with Crippen LogP contribution in [0.4, 0.5) is 11.8 Å². The molecule has 2 aromatic rings. The first kappa shape index (κ1) is 14.0. The van der Waals surface area contributed by atoms with E-state index in [0.717, 1.165) is 22.5 Å². The van der Waals surface area contributed by atoms with Crippen molar-refractivity contribution < 1.29 is 0 Å². The maximum Gasteiger partial charge on any atom is 0.240 e. The number of hydrazine groups is 1. The molecule has 104 valence electrons. The molecular formula is C13H21N5S. The van der Waals surface area contributed by atoms with Gasteiger partial charge in [-0.05, 0) is 26.3 Å². The molecule has 2 heterocycles. The van der Waals surface area contributed by atoms with E-state index < -0.39 is 0 Å². The van der Waals surface area contributed by atoms with Crippen molar-refractivity contribution in [3.05, 3.63) is 10.9 Å². The standard InChI is InChI=1S/C13H21N5S/c1-4-5-6-8(2)15-11-10-7-9(3)19-12(10)17-13(16-11)18-14/h7-8H,4-6,14H2,1-3H3,(H2,15,16,17,18). The number of aryl methyl sites for hydroxylation is 1. The van der Waals surface area contributed by atoms with Crippen LogP contribution in [0.3, 0.4) is 0 Å². The van der Waals surface area contributed by atoms with Gasteiger partial charge in [0.25, 0.3) is 0 Å². The number of aromatic nitrogens is 2. The zero-order valence-corrected chi connectivity index (χ0v) is 12.5. The molecule has 2 aromatic heterocycles. The molecule has 4 N–H and O–H groups in total. The lowest BCUT2D eigenvalue weighted by atomic mass is 10.1. The summed E-state index contributed by atoms with van der Waals surface area (Å²) in [5, 5.41) is 4.54. The summed E-state index contributed by atoms with van der Waals surface area (Å²) < 4.78 is 0. The molecule has 0 aliphatic carbocycles. The fourth-order valence-electron chi connectivity index (χ4n) is 2.03. The summed E-state index contributed by atoms with van der Waals surface area (Å²) in [7, 11) is 0. The molecule has 1 unspecified atom stereocenters. The summed E-state index contributed by atoms with van der Waals surface area (Å²) in [6, 6.07) is 2.51. The van der Waals surface area contributed by atoms with E-state index in [4.69, 9.17) is 5.84 Å². The molecule has 0 aromatic carbocycles. The van der Waals surface area contributed by atoms with Crippen molar-refractivity contribution in [2.45, 2.75) is 46.1 Å². The highest BCUT2D eigenvalue weighted by molar-refractivity contribution is 7.18. The Hall–Kier alpha value is -1.40. The third-order valence-corrected chi connectivity index (χ3v) is 3.96. The van der Waals surface area contributed by atoms with E-state index in [-0.39, 0.29) is 0 Å². The number of hydrogen-bond donors (Lipinski definition) is 3. The van der Waals surface area contributed by atoms with E-state index >= 15 is 0 Å². The second kappa shape index (κ2) is 6.16.